The molecule has 1 N–H and O–H groups in total. The van der Waals surface area contributed by atoms with E-state index in [9.17, 15) is 4.79 Å². The summed E-state index contributed by atoms with van der Waals surface area (Å²) < 4.78 is 0.328. The van der Waals surface area contributed by atoms with Gasteiger partial charge in [0.2, 0.25) is 5.91 Å². The molecule has 0 heterocycles. The number of hydrogen-bond donors (Lipinski definition) is 1. The number of para-hydroxylation sites is 1. The Bertz CT molecular complexity index is 654. The number of halogens is 1. The molecule has 3 heteroatoms. The molecular weight excluding hydrogens is 362 g/mol. The number of anilines is 1. The van der Waals surface area contributed by atoms with Crippen LogP contribution in [0.5, 0.6) is 0 Å². The predicted molar refractivity (Wildman–Crippen MR) is 103 cm³/mol. The summed E-state index contributed by atoms with van der Waals surface area (Å²) in [5.41, 5.74) is 3.70. The average Bonchev–Trinajstić information content (AvgIpc) is 2.46. The van der Waals surface area contributed by atoms with Gasteiger partial charge in [-0.05, 0) is 80.2 Å². The summed E-state index contributed by atoms with van der Waals surface area (Å²) in [6.45, 7) is 4.24. The molecule has 0 spiro atoms. The fourth-order valence-corrected chi connectivity index (χ4v) is 7.78. The number of aryl methyl sites for hydroxylation is 2. The van der Waals surface area contributed by atoms with Crippen LogP contribution in [0.3, 0.4) is 0 Å². The third kappa shape index (κ3) is 2.94. The molecule has 4 fully saturated rings. The fourth-order valence-electron chi connectivity index (χ4n) is 6.27. The Hall–Kier alpha value is -0.830. The SMILES string of the molecule is CCc1cccc(C)c1NC(=O)CC12CC3CC(CC(Br)(C3)C1)C2. The van der Waals surface area contributed by atoms with Crippen LogP contribution in [-0.4, -0.2) is 10.2 Å². The molecule has 4 bridgehead atoms. The van der Waals surface area contributed by atoms with Crippen LogP contribution in [0.1, 0.15) is 63.0 Å². The van der Waals surface area contributed by atoms with Gasteiger partial charge in [-0.25, -0.2) is 0 Å². The van der Waals surface area contributed by atoms with E-state index in [-0.39, 0.29) is 11.3 Å². The first-order chi connectivity index (χ1) is 11.4. The molecule has 2 nitrogen and oxygen atoms in total. The van der Waals surface area contributed by atoms with E-state index in [0.29, 0.717) is 10.7 Å². The predicted octanol–water partition coefficient (Wildman–Crippen LogP) is 5.62. The quantitative estimate of drug-likeness (QED) is 0.665. The number of nitrogens with one attached hydrogen (secondary N) is 1. The number of hydrogen-bond acceptors (Lipinski definition) is 1. The zero-order chi connectivity index (χ0) is 16.9. The summed E-state index contributed by atoms with van der Waals surface area (Å²) in [5, 5.41) is 3.26. The molecule has 1 aromatic carbocycles. The van der Waals surface area contributed by atoms with Crippen molar-refractivity contribution in [1.82, 2.24) is 0 Å². The molecular formula is C21H28BrNO. The Balaban J connectivity index is 1.51. The van der Waals surface area contributed by atoms with Crippen molar-refractivity contribution in [3.63, 3.8) is 0 Å². The molecule has 130 valence electrons. The van der Waals surface area contributed by atoms with Gasteiger partial charge in [0.25, 0.3) is 0 Å². The summed E-state index contributed by atoms with van der Waals surface area (Å²) in [7, 11) is 0. The molecule has 1 amide bonds. The smallest absolute Gasteiger partial charge is 0.224 e. The summed E-state index contributed by atoms with van der Waals surface area (Å²) >= 11 is 4.05. The van der Waals surface area contributed by atoms with Crippen LogP contribution in [-0.2, 0) is 11.2 Å². The van der Waals surface area contributed by atoms with Gasteiger partial charge in [-0.15, -0.1) is 0 Å². The number of amides is 1. The molecule has 0 aromatic heterocycles. The Morgan fingerprint density at radius 1 is 1.25 bits per heavy atom. The van der Waals surface area contributed by atoms with Gasteiger partial charge in [0.05, 0.1) is 0 Å². The normalized spacial score (nSPS) is 36.8. The van der Waals surface area contributed by atoms with Crippen LogP contribution in [0.25, 0.3) is 0 Å². The van der Waals surface area contributed by atoms with Crippen molar-refractivity contribution in [2.75, 3.05) is 5.32 Å². The zero-order valence-corrected chi connectivity index (χ0v) is 16.4. The maximum Gasteiger partial charge on any atom is 0.224 e. The van der Waals surface area contributed by atoms with Gasteiger partial charge in [-0.1, -0.05) is 41.1 Å². The molecule has 2 unspecified atom stereocenters. The van der Waals surface area contributed by atoms with Crippen LogP contribution >= 0.6 is 15.9 Å². The maximum absolute atomic E-state index is 12.9. The highest BCUT2D eigenvalue weighted by Crippen LogP contribution is 2.65. The number of rotatable bonds is 4. The van der Waals surface area contributed by atoms with Crippen molar-refractivity contribution in [3.8, 4) is 0 Å². The number of benzene rings is 1. The third-order valence-corrected chi connectivity index (χ3v) is 7.58. The monoisotopic (exact) mass is 389 g/mol. The number of alkyl halides is 1. The number of carbonyl (C=O) groups excluding carboxylic acids is 1. The Morgan fingerprint density at radius 3 is 2.58 bits per heavy atom. The van der Waals surface area contributed by atoms with Crippen molar-refractivity contribution in [2.24, 2.45) is 17.3 Å². The molecule has 2 atom stereocenters. The van der Waals surface area contributed by atoms with Crippen molar-refractivity contribution in [1.29, 1.82) is 0 Å². The van der Waals surface area contributed by atoms with Gasteiger partial charge in [-0.2, -0.15) is 0 Å². The average molecular weight is 390 g/mol. The number of carbonyl (C=O) groups is 1. The second kappa shape index (κ2) is 5.86. The Labute approximate surface area is 153 Å². The topological polar surface area (TPSA) is 29.1 Å². The largest absolute Gasteiger partial charge is 0.326 e. The molecule has 5 rings (SSSR count). The van der Waals surface area contributed by atoms with Crippen LogP contribution in [0, 0.1) is 24.2 Å². The lowest BCUT2D eigenvalue weighted by Crippen LogP contribution is -2.53. The molecule has 4 aliphatic carbocycles. The van der Waals surface area contributed by atoms with E-state index in [1.807, 2.05) is 0 Å². The summed E-state index contributed by atoms with van der Waals surface area (Å²) in [6.07, 6.45) is 9.41. The molecule has 0 saturated heterocycles. The van der Waals surface area contributed by atoms with E-state index in [1.54, 1.807) is 0 Å². The summed E-state index contributed by atoms with van der Waals surface area (Å²) in [5.74, 6) is 1.89. The van der Waals surface area contributed by atoms with E-state index in [0.717, 1.165) is 23.9 Å². The van der Waals surface area contributed by atoms with E-state index in [4.69, 9.17) is 0 Å². The van der Waals surface area contributed by atoms with Crippen LogP contribution in [0.2, 0.25) is 0 Å². The van der Waals surface area contributed by atoms with Gasteiger partial charge >= 0.3 is 0 Å². The first-order valence-electron chi connectivity index (χ1n) is 9.48. The van der Waals surface area contributed by atoms with Gasteiger partial charge in [0.15, 0.2) is 0 Å². The zero-order valence-electron chi connectivity index (χ0n) is 14.8. The van der Waals surface area contributed by atoms with Gasteiger partial charge in [0, 0.05) is 16.4 Å². The maximum atomic E-state index is 12.9. The standard InChI is InChI=1S/C21H28BrNO/c1-3-17-6-4-5-14(2)19(17)23-18(24)12-20-8-15-7-16(9-20)11-21(22,10-15)13-20/h4-6,15-16H,3,7-13H2,1-2H3,(H,23,24). The van der Waals surface area contributed by atoms with Crippen molar-refractivity contribution in [2.45, 2.75) is 69.5 Å². The molecule has 24 heavy (non-hydrogen) atoms. The van der Waals surface area contributed by atoms with Crippen LogP contribution in [0.15, 0.2) is 18.2 Å². The van der Waals surface area contributed by atoms with Crippen molar-refractivity contribution < 1.29 is 4.79 Å². The highest BCUT2D eigenvalue weighted by atomic mass is 79.9. The minimum atomic E-state index is 0.219. The van der Waals surface area contributed by atoms with Gasteiger partial charge in [-0.3, -0.25) is 4.79 Å². The van der Waals surface area contributed by atoms with Gasteiger partial charge in [0.1, 0.15) is 0 Å². The fraction of sp³-hybridized carbons (Fsp3) is 0.667. The first kappa shape index (κ1) is 16.6. The van der Waals surface area contributed by atoms with E-state index < -0.39 is 0 Å². The summed E-state index contributed by atoms with van der Waals surface area (Å²) in [4.78, 5) is 12.9. The molecule has 4 aliphatic rings. The van der Waals surface area contributed by atoms with E-state index in [1.165, 1.54) is 49.7 Å². The van der Waals surface area contributed by atoms with Crippen LogP contribution < -0.4 is 5.32 Å². The minimum Gasteiger partial charge on any atom is -0.326 e. The molecule has 4 saturated carbocycles. The van der Waals surface area contributed by atoms with E-state index in [2.05, 4.69) is 53.3 Å². The minimum absolute atomic E-state index is 0.219. The van der Waals surface area contributed by atoms with Crippen molar-refractivity contribution in [3.05, 3.63) is 29.3 Å². The van der Waals surface area contributed by atoms with E-state index >= 15 is 0 Å². The van der Waals surface area contributed by atoms with Crippen molar-refractivity contribution >= 4 is 27.5 Å². The Morgan fingerprint density at radius 2 is 1.96 bits per heavy atom. The lowest BCUT2D eigenvalue weighted by molar-refractivity contribution is -0.123. The van der Waals surface area contributed by atoms with Crippen LogP contribution in [0.4, 0.5) is 5.69 Å². The lowest BCUT2D eigenvalue weighted by Gasteiger charge is -2.60. The lowest BCUT2D eigenvalue weighted by atomic mass is 9.48. The summed E-state index contributed by atoms with van der Waals surface area (Å²) in [6, 6.07) is 6.30. The Kier molecular flexibility index (Phi) is 4.06. The molecule has 0 radical (unpaired) electrons. The molecule has 0 aliphatic heterocycles. The highest BCUT2D eigenvalue weighted by molar-refractivity contribution is 9.10. The van der Waals surface area contributed by atoms with Gasteiger partial charge < -0.3 is 5.32 Å². The highest BCUT2D eigenvalue weighted by Gasteiger charge is 2.57. The third-order valence-electron chi connectivity index (χ3n) is 6.65. The second-order valence-corrected chi connectivity index (χ2v) is 10.5. The molecule has 1 aromatic rings. The second-order valence-electron chi connectivity index (χ2n) is 8.80. The first-order valence-corrected chi connectivity index (χ1v) is 10.3.